The molecule has 158 valence electrons. The minimum atomic E-state index is -1.66. The van der Waals surface area contributed by atoms with Gasteiger partial charge >= 0.3 is 0 Å². The molecule has 0 fully saturated rings. The van der Waals surface area contributed by atoms with Crippen LogP contribution in [0.1, 0.15) is 19.8 Å². The highest BCUT2D eigenvalue weighted by Crippen LogP contribution is 2.20. The third-order valence-electron chi connectivity index (χ3n) is 4.74. The van der Waals surface area contributed by atoms with E-state index in [1.807, 2.05) is 48.0 Å². The van der Waals surface area contributed by atoms with Crippen molar-refractivity contribution in [3.63, 3.8) is 0 Å². The van der Waals surface area contributed by atoms with Crippen molar-refractivity contribution in [3.8, 4) is 0 Å². The summed E-state index contributed by atoms with van der Waals surface area (Å²) in [5.41, 5.74) is 0.542. The van der Waals surface area contributed by atoms with Crippen LogP contribution in [0.4, 0.5) is 18.9 Å². The largest absolute Gasteiger partial charge is 0.347 e. The molecule has 1 N–H and O–H groups in total. The highest BCUT2D eigenvalue weighted by atomic mass is 19.2. The quantitative estimate of drug-likeness (QED) is 0.555. The summed E-state index contributed by atoms with van der Waals surface area (Å²) >= 11 is 0. The summed E-state index contributed by atoms with van der Waals surface area (Å²) in [6.07, 6.45) is 2.72. The molecule has 1 heterocycles. The molecule has 3 aromatic rings. The highest BCUT2D eigenvalue weighted by molar-refractivity contribution is 5.94. The number of benzene rings is 2. The predicted molar refractivity (Wildman–Crippen MR) is 108 cm³/mol. The summed E-state index contributed by atoms with van der Waals surface area (Å²) in [5, 5.41) is 3.27. The molecule has 0 aliphatic rings. The first kappa shape index (κ1) is 21.4. The molecule has 0 atom stereocenters. The summed E-state index contributed by atoms with van der Waals surface area (Å²) in [5.74, 6) is -5.39. The fourth-order valence-corrected chi connectivity index (χ4v) is 3.26. The van der Waals surface area contributed by atoms with Crippen molar-refractivity contribution in [2.24, 2.45) is 0 Å². The molecule has 2 aromatic carbocycles. The normalized spacial score (nSPS) is 10.9. The molecule has 3 rings (SSSR count). The molecule has 1 aromatic heterocycles. The van der Waals surface area contributed by atoms with Crippen molar-refractivity contribution >= 4 is 28.4 Å². The topological polar surface area (TPSA) is 54.3 Å². The van der Waals surface area contributed by atoms with Gasteiger partial charge in [0.25, 0.3) is 0 Å². The first-order valence-electron chi connectivity index (χ1n) is 9.65. The van der Waals surface area contributed by atoms with Gasteiger partial charge < -0.3 is 14.8 Å². The van der Waals surface area contributed by atoms with Crippen molar-refractivity contribution in [1.82, 2.24) is 9.47 Å². The van der Waals surface area contributed by atoms with E-state index in [-0.39, 0.29) is 18.9 Å². The lowest BCUT2D eigenvalue weighted by molar-refractivity contribution is -0.134. The van der Waals surface area contributed by atoms with E-state index >= 15 is 0 Å². The molecular formula is C22H22F3N3O2. The number of hydrogen-bond donors (Lipinski definition) is 1. The summed E-state index contributed by atoms with van der Waals surface area (Å²) in [4.78, 5) is 26.3. The monoisotopic (exact) mass is 417 g/mol. The summed E-state index contributed by atoms with van der Waals surface area (Å²) in [6.45, 7) is 2.36. The zero-order valence-electron chi connectivity index (χ0n) is 16.5. The minimum Gasteiger partial charge on any atom is -0.347 e. The number of para-hydroxylation sites is 1. The third-order valence-corrected chi connectivity index (χ3v) is 4.74. The fraction of sp³-hybridized carbons (Fsp3) is 0.273. The second-order valence-corrected chi connectivity index (χ2v) is 6.90. The number of rotatable bonds is 8. The van der Waals surface area contributed by atoms with Gasteiger partial charge in [-0.25, -0.2) is 13.2 Å². The van der Waals surface area contributed by atoms with Crippen LogP contribution in [-0.2, 0) is 16.1 Å². The predicted octanol–water partition coefficient (Wildman–Crippen LogP) is 4.33. The highest BCUT2D eigenvalue weighted by Gasteiger charge is 2.19. The number of amides is 2. The van der Waals surface area contributed by atoms with Crippen LogP contribution in [-0.4, -0.2) is 34.4 Å². The molecule has 0 bridgehead atoms. The van der Waals surface area contributed by atoms with Gasteiger partial charge in [0.2, 0.25) is 11.8 Å². The van der Waals surface area contributed by atoms with Crippen molar-refractivity contribution in [2.75, 3.05) is 18.4 Å². The van der Waals surface area contributed by atoms with Gasteiger partial charge in [-0.2, -0.15) is 0 Å². The Hall–Kier alpha value is -3.29. The van der Waals surface area contributed by atoms with E-state index in [9.17, 15) is 22.8 Å². The summed E-state index contributed by atoms with van der Waals surface area (Å²) < 4.78 is 42.1. The molecule has 0 saturated carbocycles. The Kier molecular flexibility index (Phi) is 6.76. The number of hydrogen-bond acceptors (Lipinski definition) is 2. The zero-order valence-corrected chi connectivity index (χ0v) is 16.5. The third kappa shape index (κ3) is 4.82. The smallest absolute Gasteiger partial charge is 0.244 e. The number of carbonyl (C=O) groups excluding carboxylic acids is 2. The van der Waals surface area contributed by atoms with Gasteiger partial charge in [0.1, 0.15) is 0 Å². The van der Waals surface area contributed by atoms with Gasteiger partial charge in [-0.3, -0.25) is 9.59 Å². The van der Waals surface area contributed by atoms with Gasteiger partial charge in [0.05, 0.1) is 12.2 Å². The summed E-state index contributed by atoms with van der Waals surface area (Å²) in [7, 11) is 0. The van der Waals surface area contributed by atoms with Crippen LogP contribution in [0.25, 0.3) is 10.9 Å². The fourth-order valence-electron chi connectivity index (χ4n) is 3.26. The number of carbonyl (C=O) groups is 2. The first-order chi connectivity index (χ1) is 14.4. The second-order valence-electron chi connectivity index (χ2n) is 6.90. The lowest BCUT2D eigenvalue weighted by Crippen LogP contribution is -2.39. The first-order valence-corrected chi connectivity index (χ1v) is 9.65. The number of aromatic nitrogens is 1. The molecule has 0 aliphatic heterocycles. The van der Waals surface area contributed by atoms with Crippen LogP contribution in [0.3, 0.4) is 0 Å². The Morgan fingerprint density at radius 2 is 1.80 bits per heavy atom. The zero-order chi connectivity index (χ0) is 21.7. The Morgan fingerprint density at radius 3 is 2.57 bits per heavy atom. The standard InChI is InChI=1S/C22H22F3N3O2/c1-2-11-28(14-19(29)26-17-8-7-16(23)21(24)22(17)25)20(30)10-13-27-12-9-15-5-3-4-6-18(15)27/h3-9,12H,2,10-11,13-14H2,1H3,(H,26,29). The molecule has 30 heavy (non-hydrogen) atoms. The maximum atomic E-state index is 13.8. The van der Waals surface area contributed by atoms with Crippen LogP contribution >= 0.6 is 0 Å². The molecule has 0 spiro atoms. The van der Waals surface area contributed by atoms with Gasteiger partial charge in [-0.1, -0.05) is 25.1 Å². The van der Waals surface area contributed by atoms with Crippen LogP contribution in [0.15, 0.2) is 48.7 Å². The Morgan fingerprint density at radius 1 is 1.03 bits per heavy atom. The average Bonchev–Trinajstić information content (AvgIpc) is 3.15. The van der Waals surface area contributed by atoms with Crippen molar-refractivity contribution in [3.05, 3.63) is 66.1 Å². The van der Waals surface area contributed by atoms with Gasteiger partial charge in [-0.15, -0.1) is 0 Å². The molecule has 0 saturated heterocycles. The SMILES string of the molecule is CCCN(CC(=O)Nc1ccc(F)c(F)c1F)C(=O)CCn1ccc2ccccc21. The van der Waals surface area contributed by atoms with Crippen LogP contribution < -0.4 is 5.32 Å². The van der Waals surface area contributed by atoms with E-state index < -0.39 is 29.0 Å². The average molecular weight is 417 g/mol. The number of nitrogens with zero attached hydrogens (tertiary/aromatic N) is 2. The maximum Gasteiger partial charge on any atom is 0.244 e. The Labute approximate surface area is 172 Å². The lowest BCUT2D eigenvalue weighted by Gasteiger charge is -2.22. The van der Waals surface area contributed by atoms with Crippen molar-refractivity contribution < 1.29 is 22.8 Å². The van der Waals surface area contributed by atoms with Crippen molar-refractivity contribution in [1.29, 1.82) is 0 Å². The minimum absolute atomic E-state index is 0.186. The summed E-state index contributed by atoms with van der Waals surface area (Å²) in [6, 6.07) is 11.4. The van der Waals surface area contributed by atoms with Gasteiger partial charge in [0.15, 0.2) is 17.5 Å². The molecule has 0 radical (unpaired) electrons. The van der Waals surface area contributed by atoms with Crippen LogP contribution in [0, 0.1) is 17.5 Å². The van der Waals surface area contributed by atoms with E-state index in [4.69, 9.17) is 0 Å². The molecule has 5 nitrogen and oxygen atoms in total. The molecule has 8 heteroatoms. The number of fused-ring (bicyclic) bond motifs is 1. The van der Waals surface area contributed by atoms with E-state index in [1.54, 1.807) is 0 Å². The second kappa shape index (κ2) is 9.47. The maximum absolute atomic E-state index is 13.8. The van der Waals surface area contributed by atoms with E-state index in [0.717, 1.165) is 23.0 Å². The molecular weight excluding hydrogens is 395 g/mol. The lowest BCUT2D eigenvalue weighted by atomic mass is 10.2. The van der Waals surface area contributed by atoms with Gasteiger partial charge in [0, 0.05) is 31.2 Å². The molecule has 0 aliphatic carbocycles. The van der Waals surface area contributed by atoms with Crippen molar-refractivity contribution in [2.45, 2.75) is 26.3 Å². The Balaban J connectivity index is 1.62. The number of anilines is 1. The molecule has 2 amide bonds. The van der Waals surface area contributed by atoms with E-state index in [2.05, 4.69) is 5.32 Å². The number of aryl methyl sites for hydroxylation is 1. The Bertz CT molecular complexity index is 1060. The van der Waals surface area contributed by atoms with Crippen LogP contribution in [0.5, 0.6) is 0 Å². The van der Waals surface area contributed by atoms with E-state index in [1.165, 1.54) is 4.90 Å². The van der Waals surface area contributed by atoms with Gasteiger partial charge in [-0.05, 0) is 36.1 Å². The van der Waals surface area contributed by atoms with E-state index in [0.29, 0.717) is 19.5 Å². The number of halogens is 3. The van der Waals surface area contributed by atoms with Crippen LogP contribution in [0.2, 0.25) is 0 Å². The molecule has 0 unspecified atom stereocenters. The number of nitrogens with one attached hydrogen (secondary N) is 1.